The Hall–Kier alpha value is -4.01. The van der Waals surface area contributed by atoms with Crippen LogP contribution >= 0.6 is 0 Å². The molecule has 4 aromatic rings. The van der Waals surface area contributed by atoms with E-state index in [0.29, 0.717) is 24.5 Å². The molecule has 0 fully saturated rings. The molecule has 0 bridgehead atoms. The van der Waals surface area contributed by atoms with Crippen LogP contribution in [-0.2, 0) is 16.6 Å². The second-order valence-electron chi connectivity index (χ2n) is 8.34. The highest BCUT2D eigenvalue weighted by molar-refractivity contribution is 7.89. The van der Waals surface area contributed by atoms with Crippen LogP contribution in [0.5, 0.6) is 11.5 Å². The Balaban J connectivity index is 0.000000468. The van der Waals surface area contributed by atoms with Gasteiger partial charge >= 0.3 is 0 Å². The van der Waals surface area contributed by atoms with Crippen LogP contribution in [0.2, 0.25) is 0 Å². The van der Waals surface area contributed by atoms with Crippen LogP contribution in [0.15, 0.2) is 108 Å². The Labute approximate surface area is 219 Å². The molecule has 0 aromatic heterocycles. The van der Waals surface area contributed by atoms with Gasteiger partial charge in [0.15, 0.2) is 5.75 Å². The summed E-state index contributed by atoms with van der Waals surface area (Å²) in [6, 6.07) is 31.7. The number of hydrogen-bond donors (Lipinski definition) is 4. The topological polar surface area (TPSA) is 119 Å². The summed E-state index contributed by atoms with van der Waals surface area (Å²) in [6.07, 6.45) is 1.96. The monoisotopic (exact) mass is 518 g/mol. The van der Waals surface area contributed by atoms with Crippen LogP contribution in [0.1, 0.15) is 25.3 Å². The maximum absolute atomic E-state index is 12.4. The Morgan fingerprint density at radius 1 is 0.811 bits per heavy atom. The Morgan fingerprint density at radius 2 is 1.41 bits per heavy atom. The van der Waals surface area contributed by atoms with Gasteiger partial charge in [-0.1, -0.05) is 67.9 Å². The van der Waals surface area contributed by atoms with Crippen molar-refractivity contribution in [2.45, 2.75) is 31.2 Å². The molecule has 0 heterocycles. The van der Waals surface area contributed by atoms with Crippen LogP contribution in [-0.4, -0.2) is 15.0 Å². The van der Waals surface area contributed by atoms with Crippen molar-refractivity contribution in [3.8, 4) is 11.5 Å². The van der Waals surface area contributed by atoms with E-state index >= 15 is 0 Å². The molecular formula is C29H34N4O3S. The van der Waals surface area contributed by atoms with E-state index in [4.69, 9.17) is 15.6 Å². The third kappa shape index (κ3) is 9.18. The lowest BCUT2D eigenvalue weighted by Gasteiger charge is -2.18. The van der Waals surface area contributed by atoms with Crippen LogP contribution in [0.25, 0.3) is 0 Å². The molecule has 0 aliphatic rings. The van der Waals surface area contributed by atoms with Gasteiger partial charge in [-0.25, -0.2) is 13.6 Å². The summed E-state index contributed by atoms with van der Waals surface area (Å²) in [6.45, 7) is 3.24. The summed E-state index contributed by atoms with van der Waals surface area (Å²) in [5, 5.41) is 12.2. The molecular weight excluding hydrogens is 484 g/mol. The van der Waals surface area contributed by atoms with Gasteiger partial charge in [-0.15, -0.1) is 0 Å². The van der Waals surface area contributed by atoms with Gasteiger partial charge < -0.3 is 21.1 Å². The van der Waals surface area contributed by atoms with Crippen LogP contribution in [0.4, 0.5) is 17.1 Å². The van der Waals surface area contributed by atoms with Gasteiger partial charge in [-0.05, 0) is 60.5 Å². The zero-order chi connectivity index (χ0) is 26.5. The first-order chi connectivity index (χ1) is 17.9. The fraction of sp³-hybridized carbons (Fsp3) is 0.172. The lowest BCUT2D eigenvalue weighted by atomic mass is 10.1. The maximum Gasteiger partial charge on any atom is 0.241 e. The van der Waals surface area contributed by atoms with Crippen molar-refractivity contribution in [1.29, 1.82) is 0 Å². The molecule has 0 spiro atoms. The molecule has 8 heteroatoms. The Bertz CT molecular complexity index is 1330. The molecule has 0 radical (unpaired) electrons. The maximum atomic E-state index is 12.4. The molecule has 4 rings (SSSR count). The number of nitrogens with one attached hydrogen (secondary N) is 2. The third-order valence-corrected chi connectivity index (χ3v) is 6.22. The Kier molecular flexibility index (Phi) is 10.4. The fourth-order valence-corrected chi connectivity index (χ4v) is 4.15. The number of sulfonamides is 1. The van der Waals surface area contributed by atoms with E-state index in [-0.39, 0.29) is 10.6 Å². The van der Waals surface area contributed by atoms with Crippen LogP contribution in [0, 0.1) is 0 Å². The van der Waals surface area contributed by atoms with E-state index in [1.54, 1.807) is 18.2 Å². The van der Waals surface area contributed by atoms with Crippen molar-refractivity contribution < 1.29 is 13.2 Å². The van der Waals surface area contributed by atoms with Gasteiger partial charge in [0.2, 0.25) is 10.0 Å². The van der Waals surface area contributed by atoms with E-state index in [0.717, 1.165) is 29.8 Å². The van der Waals surface area contributed by atoms with Gasteiger partial charge in [0.1, 0.15) is 10.6 Å². The normalized spacial score (nSPS) is 10.6. The predicted octanol–water partition coefficient (Wildman–Crippen LogP) is 6.22. The minimum Gasteiger partial charge on any atom is -0.454 e. The molecule has 0 atom stereocenters. The number of unbranched alkanes of at least 4 members (excludes halogenated alkanes) is 1. The number of para-hydroxylation sites is 3. The molecule has 0 unspecified atom stereocenters. The third-order valence-electron chi connectivity index (χ3n) is 5.30. The van der Waals surface area contributed by atoms with Crippen molar-refractivity contribution in [3.05, 3.63) is 109 Å². The van der Waals surface area contributed by atoms with E-state index in [1.807, 2.05) is 84.9 Å². The molecule has 6 N–H and O–H groups in total. The summed E-state index contributed by atoms with van der Waals surface area (Å²) in [5.41, 5.74) is 8.50. The first kappa shape index (κ1) is 27.6. The van der Waals surface area contributed by atoms with Gasteiger partial charge in [0.05, 0.1) is 5.69 Å². The second kappa shape index (κ2) is 13.9. The van der Waals surface area contributed by atoms with E-state index in [9.17, 15) is 8.42 Å². The molecule has 4 aromatic carbocycles. The molecule has 0 saturated carbocycles. The molecule has 0 aliphatic carbocycles. The van der Waals surface area contributed by atoms with Gasteiger partial charge in [0, 0.05) is 24.5 Å². The largest absolute Gasteiger partial charge is 0.454 e. The molecule has 0 aliphatic heterocycles. The van der Waals surface area contributed by atoms with Crippen molar-refractivity contribution in [3.63, 3.8) is 0 Å². The smallest absolute Gasteiger partial charge is 0.241 e. The quantitative estimate of drug-likeness (QED) is 0.146. The number of benzene rings is 4. The van der Waals surface area contributed by atoms with Crippen LogP contribution in [0.3, 0.4) is 0 Å². The van der Waals surface area contributed by atoms with E-state index in [1.165, 1.54) is 0 Å². The number of ether oxygens (including phenoxy) is 1. The van der Waals surface area contributed by atoms with Crippen molar-refractivity contribution in [2.24, 2.45) is 5.14 Å². The summed E-state index contributed by atoms with van der Waals surface area (Å²) >= 11 is 0. The highest BCUT2D eigenvalue weighted by Crippen LogP contribution is 2.37. The van der Waals surface area contributed by atoms with Gasteiger partial charge in [0.25, 0.3) is 0 Å². The van der Waals surface area contributed by atoms with E-state index in [2.05, 4.69) is 17.6 Å². The zero-order valence-electron chi connectivity index (χ0n) is 20.9. The lowest BCUT2D eigenvalue weighted by Crippen LogP contribution is -2.16. The number of nitrogen functional groups attached to an aromatic ring is 1. The number of anilines is 3. The first-order valence-electron chi connectivity index (χ1n) is 12.1. The number of hydrogen-bond acceptors (Lipinski definition) is 6. The molecule has 194 valence electrons. The summed E-state index contributed by atoms with van der Waals surface area (Å²) in [7, 11) is -4.00. The minimum absolute atomic E-state index is 0.0438. The molecule has 7 nitrogen and oxygen atoms in total. The highest BCUT2D eigenvalue weighted by Gasteiger charge is 2.21. The zero-order valence-corrected chi connectivity index (χ0v) is 21.7. The second-order valence-corrected chi connectivity index (χ2v) is 9.87. The minimum atomic E-state index is -4.00. The average Bonchev–Trinajstić information content (AvgIpc) is 2.90. The van der Waals surface area contributed by atoms with Gasteiger partial charge in [-0.3, -0.25) is 0 Å². The molecule has 0 amide bonds. The van der Waals surface area contributed by atoms with Crippen molar-refractivity contribution >= 4 is 27.1 Å². The first-order valence-corrected chi connectivity index (χ1v) is 13.7. The SMILES string of the molecule is CCCCNc1cc(CNc2ccccc2)cc(S(N)(=O)=O)c1Oc1ccccc1.Nc1ccccc1. The number of primary sulfonamides is 1. The standard InChI is InChI=1S/C23H27N3O3S.C6H7N/c1-2-3-14-25-21-15-18(17-26-19-10-6-4-7-11-19)16-22(30(24,27)28)23(21)29-20-12-8-5-9-13-20;7-6-4-2-1-3-5-6/h4-13,15-16,25-26H,2-3,14,17H2,1H3,(H2,24,27,28);1-5H,7H2. The van der Waals surface area contributed by atoms with Crippen molar-refractivity contribution in [2.75, 3.05) is 22.9 Å². The van der Waals surface area contributed by atoms with E-state index < -0.39 is 10.0 Å². The summed E-state index contributed by atoms with van der Waals surface area (Å²) in [4.78, 5) is -0.0438. The number of nitrogens with two attached hydrogens (primary N) is 2. The van der Waals surface area contributed by atoms with Gasteiger partial charge in [-0.2, -0.15) is 0 Å². The summed E-state index contributed by atoms with van der Waals surface area (Å²) < 4.78 is 30.8. The van der Waals surface area contributed by atoms with Crippen LogP contribution < -0.4 is 26.2 Å². The predicted molar refractivity (Wildman–Crippen MR) is 152 cm³/mol. The highest BCUT2D eigenvalue weighted by atomic mass is 32.2. The summed E-state index contributed by atoms with van der Waals surface area (Å²) in [5.74, 6) is 0.749. The molecule has 0 saturated heterocycles. The fourth-order valence-electron chi connectivity index (χ4n) is 3.43. The lowest BCUT2D eigenvalue weighted by molar-refractivity contribution is 0.469. The van der Waals surface area contributed by atoms with Crippen molar-refractivity contribution in [1.82, 2.24) is 0 Å². The number of rotatable bonds is 10. The molecule has 37 heavy (non-hydrogen) atoms. The Morgan fingerprint density at radius 3 is 1.95 bits per heavy atom. The average molecular weight is 519 g/mol.